The van der Waals surface area contributed by atoms with Crippen molar-refractivity contribution in [2.24, 2.45) is 0 Å². The molecule has 0 fully saturated rings. The first-order valence-electron chi connectivity index (χ1n) is 8.90. The number of nitrogens with one attached hydrogen (secondary N) is 1. The Labute approximate surface area is 159 Å². The van der Waals surface area contributed by atoms with Gasteiger partial charge in [-0.2, -0.15) is 4.98 Å². The van der Waals surface area contributed by atoms with Gasteiger partial charge >= 0.3 is 0 Å². The van der Waals surface area contributed by atoms with E-state index in [1.54, 1.807) is 6.20 Å². The summed E-state index contributed by atoms with van der Waals surface area (Å²) < 4.78 is 0. The van der Waals surface area contributed by atoms with Gasteiger partial charge in [-0.05, 0) is 35.9 Å². The van der Waals surface area contributed by atoms with Gasteiger partial charge in [-0.25, -0.2) is 4.98 Å². The van der Waals surface area contributed by atoms with Crippen LogP contribution in [0, 0.1) is 0 Å². The molecular weight excluding hydrogens is 332 g/mol. The molecule has 3 aromatic carbocycles. The van der Waals surface area contributed by atoms with Gasteiger partial charge in [0, 0.05) is 17.6 Å². The molecule has 0 aliphatic heterocycles. The normalized spacial score (nSPS) is 10.4. The zero-order valence-electron chi connectivity index (χ0n) is 14.9. The molecule has 4 heteroatoms. The second-order valence-electron chi connectivity index (χ2n) is 6.14. The summed E-state index contributed by atoms with van der Waals surface area (Å²) in [6.07, 6.45) is 1.79. The molecule has 4 rings (SSSR count). The molecule has 0 spiro atoms. The van der Waals surface area contributed by atoms with E-state index in [1.165, 1.54) is 5.56 Å². The SMILES string of the molecule is c1ccc(CN(c2ccccc2)c2nccc(Nc3ccccc3)n2)cc1. The number of benzene rings is 3. The Morgan fingerprint density at radius 1 is 0.704 bits per heavy atom. The van der Waals surface area contributed by atoms with Gasteiger partial charge in [0.25, 0.3) is 0 Å². The summed E-state index contributed by atoms with van der Waals surface area (Å²) in [5, 5.41) is 3.34. The van der Waals surface area contributed by atoms with Gasteiger partial charge < -0.3 is 10.2 Å². The maximum Gasteiger partial charge on any atom is 0.232 e. The molecule has 0 atom stereocenters. The molecule has 1 N–H and O–H groups in total. The van der Waals surface area contributed by atoms with E-state index >= 15 is 0 Å². The number of para-hydroxylation sites is 2. The van der Waals surface area contributed by atoms with E-state index in [9.17, 15) is 0 Å². The highest BCUT2D eigenvalue weighted by Gasteiger charge is 2.13. The van der Waals surface area contributed by atoms with Gasteiger partial charge in [0.1, 0.15) is 5.82 Å². The molecule has 0 radical (unpaired) electrons. The average Bonchev–Trinajstić information content (AvgIpc) is 2.74. The van der Waals surface area contributed by atoms with Crippen LogP contribution in [0.15, 0.2) is 103 Å². The van der Waals surface area contributed by atoms with Crippen LogP contribution in [0.2, 0.25) is 0 Å². The van der Waals surface area contributed by atoms with E-state index in [1.807, 2.05) is 72.8 Å². The van der Waals surface area contributed by atoms with E-state index in [-0.39, 0.29) is 0 Å². The second-order valence-corrected chi connectivity index (χ2v) is 6.14. The van der Waals surface area contributed by atoms with Gasteiger partial charge in [-0.1, -0.05) is 66.7 Å². The van der Waals surface area contributed by atoms with Crippen molar-refractivity contribution in [1.82, 2.24) is 9.97 Å². The molecule has 132 valence electrons. The van der Waals surface area contributed by atoms with Crippen LogP contribution in [0.4, 0.5) is 23.1 Å². The zero-order valence-corrected chi connectivity index (χ0v) is 14.9. The first-order valence-corrected chi connectivity index (χ1v) is 8.90. The predicted octanol–water partition coefficient (Wildman–Crippen LogP) is 5.56. The molecule has 0 aliphatic carbocycles. The Balaban J connectivity index is 1.66. The Morgan fingerprint density at radius 3 is 2.04 bits per heavy atom. The van der Waals surface area contributed by atoms with Gasteiger partial charge in [0.2, 0.25) is 5.95 Å². The van der Waals surface area contributed by atoms with Crippen LogP contribution in [0.3, 0.4) is 0 Å². The smallest absolute Gasteiger partial charge is 0.232 e. The third-order valence-corrected chi connectivity index (χ3v) is 4.18. The Morgan fingerprint density at radius 2 is 1.33 bits per heavy atom. The summed E-state index contributed by atoms with van der Waals surface area (Å²) in [5.41, 5.74) is 3.25. The maximum atomic E-state index is 4.74. The highest BCUT2D eigenvalue weighted by molar-refractivity contribution is 5.61. The summed E-state index contributed by atoms with van der Waals surface area (Å²) in [6.45, 7) is 0.694. The lowest BCUT2D eigenvalue weighted by molar-refractivity contribution is 0.913. The quantitative estimate of drug-likeness (QED) is 0.493. The van der Waals surface area contributed by atoms with Crippen molar-refractivity contribution in [3.8, 4) is 0 Å². The first-order chi connectivity index (χ1) is 13.4. The predicted molar refractivity (Wildman–Crippen MR) is 110 cm³/mol. The van der Waals surface area contributed by atoms with Crippen LogP contribution >= 0.6 is 0 Å². The van der Waals surface area contributed by atoms with Crippen molar-refractivity contribution < 1.29 is 0 Å². The molecule has 27 heavy (non-hydrogen) atoms. The van der Waals surface area contributed by atoms with Gasteiger partial charge in [0.05, 0.1) is 6.54 Å². The van der Waals surface area contributed by atoms with Gasteiger partial charge in [0.15, 0.2) is 0 Å². The van der Waals surface area contributed by atoms with Crippen molar-refractivity contribution in [2.45, 2.75) is 6.54 Å². The van der Waals surface area contributed by atoms with E-state index in [0.29, 0.717) is 12.5 Å². The maximum absolute atomic E-state index is 4.74. The van der Waals surface area contributed by atoms with Crippen molar-refractivity contribution in [2.75, 3.05) is 10.2 Å². The van der Waals surface area contributed by atoms with Gasteiger partial charge in [-0.3, -0.25) is 0 Å². The lowest BCUT2D eigenvalue weighted by atomic mass is 10.2. The molecule has 0 aliphatic rings. The van der Waals surface area contributed by atoms with E-state index < -0.39 is 0 Å². The fourth-order valence-electron chi connectivity index (χ4n) is 2.87. The summed E-state index contributed by atoms with van der Waals surface area (Å²) in [7, 11) is 0. The highest BCUT2D eigenvalue weighted by Crippen LogP contribution is 2.25. The van der Waals surface area contributed by atoms with E-state index in [2.05, 4.69) is 39.5 Å². The van der Waals surface area contributed by atoms with Crippen molar-refractivity contribution in [3.63, 3.8) is 0 Å². The standard InChI is InChI=1S/C23H20N4/c1-4-10-19(11-5-1)18-27(21-14-8-3-9-15-21)23-24-17-16-22(26-23)25-20-12-6-2-7-13-20/h1-17H,18H2,(H,24,25,26). The van der Waals surface area contributed by atoms with Crippen LogP contribution < -0.4 is 10.2 Å². The minimum atomic E-state index is 0.658. The summed E-state index contributed by atoms with van der Waals surface area (Å²) in [4.78, 5) is 11.4. The van der Waals surface area contributed by atoms with Crippen molar-refractivity contribution in [1.29, 1.82) is 0 Å². The molecule has 0 amide bonds. The third kappa shape index (κ3) is 4.30. The van der Waals surface area contributed by atoms with E-state index in [4.69, 9.17) is 4.98 Å². The largest absolute Gasteiger partial charge is 0.340 e. The molecule has 0 saturated carbocycles. The second kappa shape index (κ2) is 8.15. The fourth-order valence-corrected chi connectivity index (χ4v) is 2.87. The molecule has 4 aromatic rings. The lowest BCUT2D eigenvalue weighted by Crippen LogP contribution is -2.19. The minimum Gasteiger partial charge on any atom is -0.340 e. The molecule has 0 bridgehead atoms. The van der Waals surface area contributed by atoms with Crippen LogP contribution in [0.1, 0.15) is 5.56 Å². The first kappa shape index (κ1) is 16.8. The third-order valence-electron chi connectivity index (χ3n) is 4.18. The summed E-state index contributed by atoms with van der Waals surface area (Å²) in [5.74, 6) is 1.42. The number of hydrogen-bond donors (Lipinski definition) is 1. The molecule has 1 aromatic heterocycles. The lowest BCUT2D eigenvalue weighted by Gasteiger charge is -2.23. The zero-order chi connectivity index (χ0) is 18.3. The van der Waals surface area contributed by atoms with Crippen molar-refractivity contribution in [3.05, 3.63) is 109 Å². The molecule has 0 unspecified atom stereocenters. The molecular formula is C23H20N4. The van der Waals surface area contributed by atoms with E-state index in [0.717, 1.165) is 17.2 Å². The Hall–Kier alpha value is -3.66. The van der Waals surface area contributed by atoms with Crippen LogP contribution in [0.5, 0.6) is 0 Å². The number of hydrogen-bond acceptors (Lipinski definition) is 4. The number of aromatic nitrogens is 2. The molecule has 4 nitrogen and oxygen atoms in total. The number of anilines is 4. The number of rotatable bonds is 6. The Bertz CT molecular complexity index is 973. The Kier molecular flexibility index (Phi) is 5.07. The number of nitrogens with zero attached hydrogens (tertiary/aromatic N) is 3. The van der Waals surface area contributed by atoms with Crippen LogP contribution in [0.25, 0.3) is 0 Å². The topological polar surface area (TPSA) is 41.1 Å². The molecule has 1 heterocycles. The fraction of sp³-hybridized carbons (Fsp3) is 0.0435. The molecule has 0 saturated heterocycles. The van der Waals surface area contributed by atoms with Crippen LogP contribution in [-0.2, 0) is 6.54 Å². The van der Waals surface area contributed by atoms with Crippen LogP contribution in [-0.4, -0.2) is 9.97 Å². The van der Waals surface area contributed by atoms with Crippen molar-refractivity contribution >= 4 is 23.1 Å². The summed E-state index contributed by atoms with van der Waals surface area (Å²) >= 11 is 0. The van der Waals surface area contributed by atoms with Gasteiger partial charge in [-0.15, -0.1) is 0 Å². The monoisotopic (exact) mass is 352 g/mol. The highest BCUT2D eigenvalue weighted by atomic mass is 15.3. The average molecular weight is 352 g/mol. The minimum absolute atomic E-state index is 0.658. The summed E-state index contributed by atoms with van der Waals surface area (Å²) in [6, 6.07) is 32.5.